The summed E-state index contributed by atoms with van der Waals surface area (Å²) in [5.74, 6) is 0.504. The van der Waals surface area contributed by atoms with Crippen LogP contribution < -0.4 is 10.6 Å². The number of carbonyl (C=O) groups excluding carboxylic acids is 2. The molecule has 34 heavy (non-hydrogen) atoms. The molecule has 9 nitrogen and oxygen atoms in total. The van der Waals surface area contributed by atoms with Crippen molar-refractivity contribution >= 4 is 39.5 Å². The Balaban J connectivity index is 1.33. The topological polar surface area (TPSA) is 109 Å². The molecule has 0 aliphatic carbocycles. The number of aromatic nitrogens is 3. The molecule has 3 aromatic heterocycles. The van der Waals surface area contributed by atoms with Crippen molar-refractivity contribution in [2.75, 3.05) is 25.0 Å². The predicted octanol–water partition coefficient (Wildman–Crippen LogP) is 4.25. The highest BCUT2D eigenvalue weighted by Gasteiger charge is 2.33. The van der Waals surface area contributed by atoms with E-state index in [2.05, 4.69) is 25.6 Å². The van der Waals surface area contributed by atoms with Crippen molar-refractivity contribution in [2.24, 2.45) is 5.92 Å². The number of nitrogens with one attached hydrogen (secondary N) is 2. The molecule has 0 aromatic carbocycles. The quantitative estimate of drug-likeness (QED) is 0.518. The monoisotopic (exact) mass is 482 g/mol. The lowest BCUT2D eigenvalue weighted by atomic mass is 9.97. The molecule has 0 saturated carbocycles. The summed E-state index contributed by atoms with van der Waals surface area (Å²) >= 11 is 1.45. The van der Waals surface area contributed by atoms with Crippen molar-refractivity contribution < 1.29 is 14.3 Å². The first-order valence-electron chi connectivity index (χ1n) is 11.4. The van der Waals surface area contributed by atoms with E-state index in [0.717, 1.165) is 22.3 Å². The van der Waals surface area contributed by atoms with Crippen LogP contribution in [0.5, 0.6) is 0 Å². The Labute approximate surface area is 203 Å². The number of amides is 2. The molecule has 0 radical (unpaired) electrons. The van der Waals surface area contributed by atoms with E-state index in [1.54, 1.807) is 11.1 Å². The Morgan fingerprint density at radius 3 is 2.74 bits per heavy atom. The van der Waals surface area contributed by atoms with E-state index in [4.69, 9.17) is 4.74 Å². The van der Waals surface area contributed by atoms with Crippen molar-refractivity contribution in [3.8, 4) is 0 Å². The largest absolute Gasteiger partial charge is 0.444 e. The third kappa shape index (κ3) is 5.80. The fourth-order valence-corrected chi connectivity index (χ4v) is 4.50. The molecule has 2 amide bonds. The first-order chi connectivity index (χ1) is 16.2. The zero-order valence-electron chi connectivity index (χ0n) is 19.9. The number of hydrogen-bond acceptors (Lipinski definition) is 8. The lowest BCUT2D eigenvalue weighted by Crippen LogP contribution is -2.52. The summed E-state index contributed by atoms with van der Waals surface area (Å²) < 4.78 is 6.14. The Bertz CT molecular complexity index is 1150. The minimum Gasteiger partial charge on any atom is -0.444 e. The molecular formula is C24H30N6O3S. The molecule has 1 unspecified atom stereocenters. The maximum absolute atomic E-state index is 13.0. The van der Waals surface area contributed by atoms with E-state index < -0.39 is 5.60 Å². The summed E-state index contributed by atoms with van der Waals surface area (Å²) in [5.41, 5.74) is 1.46. The molecule has 1 aliphatic rings. The van der Waals surface area contributed by atoms with Gasteiger partial charge in [0.1, 0.15) is 5.60 Å². The SMILES string of the molecule is CC(Nc1nc(C(=O)NCCC2CN(C(=O)OC(C)(C)C)C2)c2sccc2n1)c1ccccn1. The Morgan fingerprint density at radius 2 is 2.03 bits per heavy atom. The fraction of sp³-hybridized carbons (Fsp3) is 0.458. The molecule has 1 saturated heterocycles. The summed E-state index contributed by atoms with van der Waals surface area (Å²) in [6.45, 7) is 9.35. The van der Waals surface area contributed by atoms with E-state index in [1.807, 2.05) is 57.3 Å². The van der Waals surface area contributed by atoms with E-state index >= 15 is 0 Å². The highest BCUT2D eigenvalue weighted by Crippen LogP contribution is 2.26. The molecule has 2 N–H and O–H groups in total. The van der Waals surface area contributed by atoms with E-state index in [-0.39, 0.29) is 18.0 Å². The summed E-state index contributed by atoms with van der Waals surface area (Å²) in [6.07, 6.45) is 2.24. The summed E-state index contributed by atoms with van der Waals surface area (Å²) in [6, 6.07) is 7.50. The van der Waals surface area contributed by atoms with Crippen molar-refractivity contribution in [3.05, 3.63) is 47.2 Å². The third-order valence-corrected chi connectivity index (χ3v) is 6.35. The number of rotatable bonds is 7. The normalized spacial score (nSPS) is 15.0. The van der Waals surface area contributed by atoms with Crippen LogP contribution in [-0.4, -0.2) is 57.1 Å². The van der Waals surface area contributed by atoms with Gasteiger partial charge in [0.25, 0.3) is 5.91 Å². The maximum atomic E-state index is 13.0. The number of hydrogen-bond donors (Lipinski definition) is 2. The number of pyridine rings is 1. The van der Waals surface area contributed by atoms with Crippen LogP contribution in [0.15, 0.2) is 35.8 Å². The van der Waals surface area contributed by atoms with Gasteiger partial charge < -0.3 is 20.3 Å². The van der Waals surface area contributed by atoms with Crippen molar-refractivity contribution in [2.45, 2.75) is 45.8 Å². The van der Waals surface area contributed by atoms with Gasteiger partial charge in [-0.1, -0.05) is 6.07 Å². The van der Waals surface area contributed by atoms with Gasteiger partial charge in [-0.25, -0.2) is 14.8 Å². The second-order valence-corrected chi connectivity index (χ2v) is 10.4. The van der Waals surface area contributed by atoms with Crippen molar-refractivity contribution in [1.29, 1.82) is 0 Å². The van der Waals surface area contributed by atoms with E-state index in [9.17, 15) is 9.59 Å². The molecule has 0 spiro atoms. The lowest BCUT2D eigenvalue weighted by Gasteiger charge is -2.39. The van der Waals surface area contributed by atoms with Crippen LogP contribution in [0.1, 0.15) is 56.3 Å². The molecule has 1 aliphatic heterocycles. The number of anilines is 1. The van der Waals surface area contributed by atoms with Gasteiger partial charge in [0.15, 0.2) is 5.69 Å². The van der Waals surface area contributed by atoms with Gasteiger partial charge in [-0.2, -0.15) is 0 Å². The van der Waals surface area contributed by atoms with E-state index in [1.165, 1.54) is 11.3 Å². The first kappa shape index (κ1) is 23.9. The lowest BCUT2D eigenvalue weighted by molar-refractivity contribution is -0.00205. The molecule has 10 heteroatoms. The third-order valence-electron chi connectivity index (χ3n) is 5.44. The van der Waals surface area contributed by atoms with Crippen LogP contribution in [-0.2, 0) is 4.74 Å². The Kier molecular flexibility index (Phi) is 6.97. The van der Waals surface area contributed by atoms with Crippen LogP contribution in [0.25, 0.3) is 10.2 Å². The van der Waals surface area contributed by atoms with Gasteiger partial charge >= 0.3 is 6.09 Å². The maximum Gasteiger partial charge on any atom is 0.410 e. The molecule has 1 atom stereocenters. The summed E-state index contributed by atoms with van der Waals surface area (Å²) in [7, 11) is 0. The van der Waals surface area contributed by atoms with Gasteiger partial charge in [-0.05, 0) is 63.6 Å². The molecule has 180 valence electrons. The van der Waals surface area contributed by atoms with Crippen molar-refractivity contribution in [1.82, 2.24) is 25.2 Å². The Morgan fingerprint density at radius 1 is 1.24 bits per heavy atom. The Hall–Kier alpha value is -3.27. The van der Waals surface area contributed by atoms with Gasteiger partial charge in [0, 0.05) is 25.8 Å². The average Bonchev–Trinajstić information content (AvgIpc) is 3.22. The number of ether oxygens (including phenoxy) is 1. The highest BCUT2D eigenvalue weighted by atomic mass is 32.1. The summed E-state index contributed by atoms with van der Waals surface area (Å²) in [4.78, 5) is 40.2. The molecular weight excluding hydrogens is 452 g/mol. The highest BCUT2D eigenvalue weighted by molar-refractivity contribution is 7.17. The second-order valence-electron chi connectivity index (χ2n) is 9.45. The minimum absolute atomic E-state index is 0.111. The van der Waals surface area contributed by atoms with Crippen molar-refractivity contribution in [3.63, 3.8) is 0 Å². The smallest absolute Gasteiger partial charge is 0.410 e. The van der Waals surface area contributed by atoms with Crippen LogP contribution in [0.2, 0.25) is 0 Å². The zero-order valence-corrected chi connectivity index (χ0v) is 20.7. The zero-order chi connectivity index (χ0) is 24.3. The van der Waals surface area contributed by atoms with Crippen LogP contribution in [0.4, 0.5) is 10.7 Å². The number of fused-ring (bicyclic) bond motifs is 1. The molecule has 4 heterocycles. The molecule has 4 rings (SSSR count). The second kappa shape index (κ2) is 9.92. The minimum atomic E-state index is -0.496. The van der Waals surface area contributed by atoms with Gasteiger partial charge in [0.05, 0.1) is 22.0 Å². The van der Waals surface area contributed by atoms with Gasteiger partial charge in [0.2, 0.25) is 5.95 Å². The predicted molar refractivity (Wildman–Crippen MR) is 132 cm³/mol. The fourth-order valence-electron chi connectivity index (χ4n) is 3.68. The molecule has 0 bridgehead atoms. The number of nitrogens with zero attached hydrogens (tertiary/aromatic N) is 4. The number of likely N-dealkylation sites (tertiary alicyclic amines) is 1. The summed E-state index contributed by atoms with van der Waals surface area (Å²) in [5, 5.41) is 8.13. The number of thiophene rings is 1. The van der Waals surface area contributed by atoms with Crippen LogP contribution in [0, 0.1) is 5.92 Å². The number of carbonyl (C=O) groups is 2. The van der Waals surface area contributed by atoms with Gasteiger partial charge in [-0.3, -0.25) is 9.78 Å². The molecule has 3 aromatic rings. The molecule has 1 fully saturated rings. The standard InChI is InChI=1S/C24H30N6O3S/c1-15(17-7-5-6-10-25-17)27-22-28-18-9-12-34-20(18)19(29-22)21(31)26-11-8-16-13-30(14-16)23(32)33-24(2,3)4/h5-7,9-10,12,15-16H,8,11,13-14H2,1-4H3,(H,26,31)(H,27,28,29). The van der Waals surface area contributed by atoms with Crippen LogP contribution >= 0.6 is 11.3 Å². The van der Waals surface area contributed by atoms with Crippen LogP contribution in [0.3, 0.4) is 0 Å². The van der Waals surface area contributed by atoms with Gasteiger partial charge in [-0.15, -0.1) is 11.3 Å². The first-order valence-corrected chi connectivity index (χ1v) is 12.3. The van der Waals surface area contributed by atoms with E-state index in [0.29, 0.717) is 37.2 Å². The average molecular weight is 483 g/mol.